The molecular formula is C49H60IrNO4-. The van der Waals surface area contributed by atoms with Gasteiger partial charge in [-0.25, -0.2) is 0 Å². The quantitative estimate of drug-likeness (QED) is 0.0796. The van der Waals surface area contributed by atoms with Crippen molar-refractivity contribution in [3.8, 4) is 22.8 Å². The van der Waals surface area contributed by atoms with E-state index in [9.17, 15) is 9.90 Å². The molecule has 0 fully saturated rings. The number of aliphatic hydroxyl groups is 1. The summed E-state index contributed by atoms with van der Waals surface area (Å²) in [5.74, 6) is 2.38. The summed E-state index contributed by atoms with van der Waals surface area (Å²) < 4.78 is 12.9. The van der Waals surface area contributed by atoms with Gasteiger partial charge in [0.25, 0.3) is 0 Å². The molecule has 0 unspecified atom stereocenters. The number of hydrogen-bond acceptors (Lipinski definition) is 5. The number of hydrogen-bond donors (Lipinski definition) is 1. The molecule has 6 rings (SSSR count). The van der Waals surface area contributed by atoms with Crippen LogP contribution in [0.3, 0.4) is 0 Å². The maximum absolute atomic E-state index is 12.2. The maximum Gasteiger partial charge on any atom is 0.172 e. The normalized spacial score (nSPS) is 12.6. The summed E-state index contributed by atoms with van der Waals surface area (Å²) in [6, 6.07) is 24.9. The molecule has 0 bridgehead atoms. The molecule has 0 spiro atoms. The van der Waals surface area contributed by atoms with E-state index in [0.29, 0.717) is 5.92 Å². The number of aromatic nitrogens is 1. The number of aliphatic hydroxyl groups excluding tert-OH is 1. The number of allylic oxidation sites excluding steroid dienone is 2. The van der Waals surface area contributed by atoms with Gasteiger partial charge in [-0.2, -0.15) is 0 Å². The zero-order valence-electron chi connectivity index (χ0n) is 35.0. The molecule has 0 amide bonds. The molecule has 6 heteroatoms. The number of carbonyl (C=O) groups excluding carboxylic acids is 1. The molecule has 3 heterocycles. The van der Waals surface area contributed by atoms with Gasteiger partial charge in [0.1, 0.15) is 16.9 Å². The van der Waals surface area contributed by atoms with E-state index >= 15 is 0 Å². The number of pyridine rings is 1. The molecule has 3 aromatic carbocycles. The second-order valence-electron chi connectivity index (χ2n) is 17.0. The van der Waals surface area contributed by atoms with Crippen molar-refractivity contribution in [2.45, 2.75) is 121 Å². The van der Waals surface area contributed by atoms with Crippen LogP contribution in [0.15, 0.2) is 87.5 Å². The second kappa shape index (κ2) is 17.4. The number of benzene rings is 3. The minimum atomic E-state index is -0.337. The van der Waals surface area contributed by atoms with Gasteiger partial charge < -0.3 is 13.9 Å². The molecule has 3 aromatic heterocycles. The van der Waals surface area contributed by atoms with Crippen LogP contribution in [0, 0.1) is 29.7 Å². The summed E-state index contributed by atoms with van der Waals surface area (Å²) >= 11 is 0. The maximum atomic E-state index is 12.2. The van der Waals surface area contributed by atoms with Crippen LogP contribution < -0.4 is 0 Å². The third kappa shape index (κ3) is 9.19. The minimum absolute atomic E-state index is 0. The van der Waals surface area contributed by atoms with E-state index in [1.54, 1.807) is 0 Å². The SMILES string of the molecule is CCC(C)(CC)C(=O)/C=C(\O)C(C)(CC)CC.Cc1c(-c2cc3ccc(CC(C)C)cc3o2)oc2c(-c3[c-]c4ccccc4c(C(C)(C)C)c3)nccc12.[Ir]. The van der Waals surface area contributed by atoms with E-state index in [1.807, 2.05) is 53.8 Å². The van der Waals surface area contributed by atoms with Crippen LogP contribution in [-0.2, 0) is 36.7 Å². The standard InChI is InChI=1S/C34H32NO2.C15H28O2.Ir/c1-20(2)15-22-11-12-24-19-30(36-29(24)16-22)32-21(3)26-13-14-35-31(33(26)37-32)25-17-23-9-7-8-10-27(23)28(18-25)34(4,5)6;1-7-14(5,8-2)12(16)11-13(17)15(6,9-3)10-4;/h7-14,16,18-20H,15H2,1-6H3;11,16H,7-10H2,1-6H3;/q-1;;/b;12-11-;. The molecule has 1 N–H and O–H groups in total. The molecular weight excluding hydrogens is 859 g/mol. The summed E-state index contributed by atoms with van der Waals surface area (Å²) in [5.41, 5.74) is 6.39. The van der Waals surface area contributed by atoms with E-state index in [2.05, 4.69) is 102 Å². The number of furan rings is 2. The van der Waals surface area contributed by atoms with Gasteiger partial charge in [0.15, 0.2) is 17.3 Å². The zero-order valence-corrected chi connectivity index (χ0v) is 37.4. The predicted octanol–water partition coefficient (Wildman–Crippen LogP) is 14.3. The molecule has 0 aliphatic rings. The van der Waals surface area contributed by atoms with Crippen molar-refractivity contribution < 1.29 is 38.8 Å². The fraction of sp³-hybridized carbons (Fsp3) is 0.429. The van der Waals surface area contributed by atoms with Crippen LogP contribution >= 0.6 is 0 Å². The Morgan fingerprint density at radius 1 is 0.855 bits per heavy atom. The van der Waals surface area contributed by atoms with Gasteiger partial charge in [0.05, 0.1) is 0 Å². The van der Waals surface area contributed by atoms with Gasteiger partial charge in [-0.15, -0.1) is 29.1 Å². The number of fused-ring (bicyclic) bond motifs is 3. The van der Waals surface area contributed by atoms with Gasteiger partial charge in [0.2, 0.25) is 0 Å². The molecule has 1 radical (unpaired) electrons. The van der Waals surface area contributed by atoms with Crippen molar-refractivity contribution in [3.63, 3.8) is 0 Å². The number of aryl methyl sites for hydroxylation is 1. The molecule has 0 saturated heterocycles. The van der Waals surface area contributed by atoms with Crippen molar-refractivity contribution in [2.24, 2.45) is 16.7 Å². The Kier molecular flexibility index (Phi) is 13.9. The van der Waals surface area contributed by atoms with Crippen LogP contribution in [-0.4, -0.2) is 15.9 Å². The molecule has 0 atom stereocenters. The molecule has 55 heavy (non-hydrogen) atoms. The molecule has 0 aliphatic heterocycles. The van der Waals surface area contributed by atoms with Crippen LogP contribution in [0.4, 0.5) is 0 Å². The third-order valence-electron chi connectivity index (χ3n) is 11.7. The summed E-state index contributed by atoms with van der Waals surface area (Å²) in [5, 5.41) is 14.6. The van der Waals surface area contributed by atoms with E-state index < -0.39 is 0 Å². The van der Waals surface area contributed by atoms with Gasteiger partial charge in [-0.1, -0.05) is 117 Å². The Bertz CT molecular complexity index is 2290. The summed E-state index contributed by atoms with van der Waals surface area (Å²) in [6.07, 6.45) is 7.65. The van der Waals surface area contributed by atoms with Gasteiger partial charge in [0, 0.05) is 65.2 Å². The first kappa shape index (κ1) is 43.7. The molecule has 0 saturated carbocycles. The number of rotatable bonds is 11. The number of nitrogens with zero attached hydrogens (tertiary/aromatic N) is 1. The summed E-state index contributed by atoms with van der Waals surface area (Å²) in [7, 11) is 0. The van der Waals surface area contributed by atoms with E-state index in [1.165, 1.54) is 22.6 Å². The summed E-state index contributed by atoms with van der Waals surface area (Å²) in [6.45, 7) is 25.4. The zero-order chi connectivity index (χ0) is 39.6. The van der Waals surface area contributed by atoms with E-state index in [-0.39, 0.29) is 47.9 Å². The van der Waals surface area contributed by atoms with E-state index in [4.69, 9.17) is 13.8 Å². The monoisotopic (exact) mass is 919 g/mol. The van der Waals surface area contributed by atoms with Crippen LogP contribution in [0.5, 0.6) is 0 Å². The van der Waals surface area contributed by atoms with E-state index in [0.717, 1.165) is 87.8 Å². The average molecular weight is 919 g/mol. The van der Waals surface area contributed by atoms with Crippen molar-refractivity contribution in [1.29, 1.82) is 0 Å². The van der Waals surface area contributed by atoms with Crippen molar-refractivity contribution in [2.75, 3.05) is 0 Å². The number of carbonyl (C=O) groups is 1. The average Bonchev–Trinajstić information content (AvgIpc) is 3.73. The van der Waals surface area contributed by atoms with Gasteiger partial charge in [-0.05, 0) is 74.1 Å². The second-order valence-corrected chi connectivity index (χ2v) is 17.0. The first-order chi connectivity index (χ1) is 25.5. The number of ketones is 1. The molecule has 5 nitrogen and oxygen atoms in total. The topological polar surface area (TPSA) is 76.5 Å². The van der Waals surface area contributed by atoms with Gasteiger partial charge in [-0.3, -0.25) is 9.78 Å². The Morgan fingerprint density at radius 2 is 1.51 bits per heavy atom. The Hall–Kier alpha value is -3.99. The van der Waals surface area contributed by atoms with Crippen molar-refractivity contribution in [3.05, 3.63) is 101 Å². The van der Waals surface area contributed by atoms with Crippen LogP contribution in [0.25, 0.3) is 55.5 Å². The summed E-state index contributed by atoms with van der Waals surface area (Å²) in [4.78, 5) is 17.0. The Labute approximate surface area is 342 Å². The van der Waals surface area contributed by atoms with Crippen molar-refractivity contribution >= 4 is 38.5 Å². The first-order valence-corrected chi connectivity index (χ1v) is 19.8. The molecule has 0 aliphatic carbocycles. The predicted molar refractivity (Wildman–Crippen MR) is 226 cm³/mol. The van der Waals surface area contributed by atoms with Crippen LogP contribution in [0.2, 0.25) is 0 Å². The largest absolute Gasteiger partial charge is 0.512 e. The van der Waals surface area contributed by atoms with Gasteiger partial charge >= 0.3 is 0 Å². The smallest absolute Gasteiger partial charge is 0.172 e. The first-order valence-electron chi connectivity index (χ1n) is 19.8. The Balaban J connectivity index is 0.000000320. The third-order valence-corrected chi connectivity index (χ3v) is 11.7. The van der Waals surface area contributed by atoms with Crippen molar-refractivity contribution in [1.82, 2.24) is 4.98 Å². The minimum Gasteiger partial charge on any atom is -0.512 e. The fourth-order valence-corrected chi connectivity index (χ4v) is 7.02. The van der Waals surface area contributed by atoms with Crippen LogP contribution in [0.1, 0.15) is 119 Å². The Morgan fingerprint density at radius 3 is 2.13 bits per heavy atom. The molecule has 295 valence electrons. The fourth-order valence-electron chi connectivity index (χ4n) is 7.02. The molecule has 6 aromatic rings.